The molecule has 1 aliphatic heterocycles. The van der Waals surface area contributed by atoms with Gasteiger partial charge < -0.3 is 9.73 Å². The van der Waals surface area contributed by atoms with Crippen molar-refractivity contribution in [3.8, 4) is 0 Å². The number of nitrogens with one attached hydrogen (secondary N) is 1. The van der Waals surface area contributed by atoms with Gasteiger partial charge >= 0.3 is 6.03 Å². The fraction of sp³-hybridized carbons (Fsp3) is 0.538. The van der Waals surface area contributed by atoms with E-state index in [-0.39, 0.29) is 11.9 Å². The number of carbonyl (C=O) groups excluding carboxylic acids is 2. The molecule has 0 bridgehead atoms. The molecular formula is C13H18N2O3. The third kappa shape index (κ3) is 2.00. The van der Waals surface area contributed by atoms with E-state index in [1.54, 1.807) is 19.1 Å². The standard InChI is InChI=1S/C13H18N2O3/c1-9(2)6-7-15-11(16)13(3,14-12(15)17)10-5-4-8-18-10/h4-5,8-9H,6-7H2,1-3H3,(H,14,17). The first-order valence-electron chi connectivity index (χ1n) is 6.13. The van der Waals surface area contributed by atoms with Gasteiger partial charge in [0, 0.05) is 6.54 Å². The van der Waals surface area contributed by atoms with E-state index < -0.39 is 5.54 Å². The Hall–Kier alpha value is -1.78. The Labute approximate surface area is 106 Å². The van der Waals surface area contributed by atoms with Crippen molar-refractivity contribution < 1.29 is 14.0 Å². The first-order valence-corrected chi connectivity index (χ1v) is 6.13. The number of hydrogen-bond donors (Lipinski definition) is 1. The summed E-state index contributed by atoms with van der Waals surface area (Å²) in [6, 6.07) is 3.06. The summed E-state index contributed by atoms with van der Waals surface area (Å²) in [5, 5.41) is 2.70. The van der Waals surface area contributed by atoms with Crippen molar-refractivity contribution in [1.82, 2.24) is 10.2 Å². The lowest BCUT2D eigenvalue weighted by Gasteiger charge is -2.19. The van der Waals surface area contributed by atoms with Crippen molar-refractivity contribution in [2.24, 2.45) is 5.92 Å². The van der Waals surface area contributed by atoms with Crippen LogP contribution in [0, 0.1) is 5.92 Å². The second-order valence-electron chi connectivity index (χ2n) is 5.17. The summed E-state index contributed by atoms with van der Waals surface area (Å²) in [7, 11) is 0. The molecule has 18 heavy (non-hydrogen) atoms. The van der Waals surface area contributed by atoms with Gasteiger partial charge in [-0.2, -0.15) is 0 Å². The molecule has 0 aromatic carbocycles. The van der Waals surface area contributed by atoms with E-state index in [4.69, 9.17) is 4.42 Å². The normalized spacial score (nSPS) is 23.9. The van der Waals surface area contributed by atoms with Gasteiger partial charge in [-0.15, -0.1) is 0 Å². The number of hydrogen-bond acceptors (Lipinski definition) is 3. The van der Waals surface area contributed by atoms with Crippen LogP contribution < -0.4 is 5.32 Å². The minimum atomic E-state index is -1.07. The van der Waals surface area contributed by atoms with Gasteiger partial charge in [-0.1, -0.05) is 13.8 Å². The van der Waals surface area contributed by atoms with Gasteiger partial charge in [0.25, 0.3) is 5.91 Å². The molecule has 98 valence electrons. The van der Waals surface area contributed by atoms with Crippen LogP contribution in [-0.4, -0.2) is 23.4 Å². The van der Waals surface area contributed by atoms with Crippen LogP contribution in [0.3, 0.4) is 0 Å². The second kappa shape index (κ2) is 4.48. The molecule has 0 radical (unpaired) electrons. The van der Waals surface area contributed by atoms with Gasteiger partial charge in [0.05, 0.1) is 6.26 Å². The van der Waals surface area contributed by atoms with Crippen molar-refractivity contribution in [3.05, 3.63) is 24.2 Å². The number of furan rings is 1. The van der Waals surface area contributed by atoms with Crippen LogP contribution in [-0.2, 0) is 10.3 Å². The van der Waals surface area contributed by atoms with Gasteiger partial charge in [0.15, 0.2) is 5.54 Å². The Morgan fingerprint density at radius 1 is 1.44 bits per heavy atom. The Morgan fingerprint density at radius 2 is 2.17 bits per heavy atom. The fourth-order valence-corrected chi connectivity index (χ4v) is 2.02. The lowest BCUT2D eigenvalue weighted by molar-refractivity contribution is -0.131. The Morgan fingerprint density at radius 3 is 2.72 bits per heavy atom. The number of imide groups is 1. The molecule has 1 N–H and O–H groups in total. The molecule has 0 aliphatic carbocycles. The van der Waals surface area contributed by atoms with E-state index in [2.05, 4.69) is 19.2 Å². The van der Waals surface area contributed by atoms with Gasteiger partial charge in [0.2, 0.25) is 0 Å². The highest BCUT2D eigenvalue weighted by Gasteiger charge is 2.50. The molecule has 1 aromatic rings. The average molecular weight is 250 g/mol. The summed E-state index contributed by atoms with van der Waals surface area (Å²) in [4.78, 5) is 25.5. The second-order valence-corrected chi connectivity index (χ2v) is 5.17. The fourth-order valence-electron chi connectivity index (χ4n) is 2.02. The molecule has 0 saturated carbocycles. The number of rotatable bonds is 4. The van der Waals surface area contributed by atoms with Crippen molar-refractivity contribution in [2.75, 3.05) is 6.54 Å². The molecule has 5 heteroatoms. The van der Waals surface area contributed by atoms with Crippen LogP contribution in [0.15, 0.2) is 22.8 Å². The maximum absolute atomic E-state index is 12.3. The zero-order chi connectivity index (χ0) is 13.3. The quantitative estimate of drug-likeness (QED) is 0.832. The summed E-state index contributed by atoms with van der Waals surface area (Å²) in [5.41, 5.74) is -1.07. The van der Waals surface area contributed by atoms with Crippen LogP contribution in [0.1, 0.15) is 33.0 Å². The average Bonchev–Trinajstić information content (AvgIpc) is 2.87. The third-order valence-corrected chi connectivity index (χ3v) is 3.22. The summed E-state index contributed by atoms with van der Waals surface area (Å²) >= 11 is 0. The van der Waals surface area contributed by atoms with Crippen molar-refractivity contribution in [1.29, 1.82) is 0 Å². The molecule has 1 atom stereocenters. The number of carbonyl (C=O) groups is 2. The monoisotopic (exact) mass is 250 g/mol. The highest BCUT2D eigenvalue weighted by atomic mass is 16.3. The number of urea groups is 1. The SMILES string of the molecule is CC(C)CCN1C(=O)NC(C)(c2ccco2)C1=O. The predicted octanol–water partition coefficient (Wildman–Crippen LogP) is 2.09. The maximum atomic E-state index is 12.3. The van der Waals surface area contributed by atoms with E-state index in [1.165, 1.54) is 11.2 Å². The predicted molar refractivity (Wildman–Crippen MR) is 65.8 cm³/mol. The van der Waals surface area contributed by atoms with Gasteiger partial charge in [0.1, 0.15) is 5.76 Å². The molecule has 1 unspecified atom stereocenters. The van der Waals surface area contributed by atoms with E-state index >= 15 is 0 Å². The van der Waals surface area contributed by atoms with E-state index in [0.29, 0.717) is 18.2 Å². The van der Waals surface area contributed by atoms with Gasteiger partial charge in [-0.05, 0) is 31.4 Å². The van der Waals surface area contributed by atoms with Gasteiger partial charge in [-0.3, -0.25) is 9.69 Å². The summed E-state index contributed by atoms with van der Waals surface area (Å²) in [6.45, 7) is 6.23. The Kier molecular flexibility index (Phi) is 3.15. The van der Waals surface area contributed by atoms with Crippen LogP contribution >= 0.6 is 0 Å². The first kappa shape index (κ1) is 12.7. The molecule has 1 aromatic heterocycles. The van der Waals surface area contributed by atoms with Crippen LogP contribution in [0.5, 0.6) is 0 Å². The minimum absolute atomic E-state index is 0.247. The number of nitrogens with zero attached hydrogens (tertiary/aromatic N) is 1. The molecule has 1 saturated heterocycles. The Balaban J connectivity index is 2.18. The van der Waals surface area contributed by atoms with Crippen molar-refractivity contribution >= 4 is 11.9 Å². The zero-order valence-corrected chi connectivity index (χ0v) is 10.9. The topological polar surface area (TPSA) is 62.6 Å². The minimum Gasteiger partial charge on any atom is -0.466 e. The number of amides is 3. The van der Waals surface area contributed by atoms with Crippen LogP contribution in [0.2, 0.25) is 0 Å². The maximum Gasteiger partial charge on any atom is 0.325 e. The highest BCUT2D eigenvalue weighted by molar-refractivity contribution is 6.06. The zero-order valence-electron chi connectivity index (χ0n) is 10.9. The molecule has 1 aliphatic rings. The molecule has 1 fully saturated rings. The van der Waals surface area contributed by atoms with Crippen LogP contribution in [0.4, 0.5) is 4.79 Å². The van der Waals surface area contributed by atoms with E-state index in [9.17, 15) is 9.59 Å². The third-order valence-electron chi connectivity index (χ3n) is 3.22. The molecular weight excluding hydrogens is 232 g/mol. The highest BCUT2D eigenvalue weighted by Crippen LogP contribution is 2.29. The largest absolute Gasteiger partial charge is 0.466 e. The molecule has 5 nitrogen and oxygen atoms in total. The summed E-state index contributed by atoms with van der Waals surface area (Å²) in [5.74, 6) is 0.664. The molecule has 0 spiro atoms. The lowest BCUT2D eigenvalue weighted by Crippen LogP contribution is -2.40. The smallest absolute Gasteiger partial charge is 0.325 e. The van der Waals surface area contributed by atoms with Crippen LogP contribution in [0.25, 0.3) is 0 Å². The Bertz CT molecular complexity index is 453. The van der Waals surface area contributed by atoms with E-state index in [1.807, 2.05) is 0 Å². The summed E-state index contributed by atoms with van der Waals surface area (Å²) < 4.78 is 5.25. The van der Waals surface area contributed by atoms with E-state index in [0.717, 1.165) is 6.42 Å². The first-order chi connectivity index (χ1) is 8.45. The molecule has 2 heterocycles. The lowest BCUT2D eigenvalue weighted by atomic mass is 9.99. The summed E-state index contributed by atoms with van der Waals surface area (Å²) in [6.07, 6.45) is 2.30. The molecule has 3 amide bonds. The van der Waals surface area contributed by atoms with Crippen molar-refractivity contribution in [3.63, 3.8) is 0 Å². The molecule has 2 rings (SSSR count). The van der Waals surface area contributed by atoms with Gasteiger partial charge in [-0.25, -0.2) is 4.79 Å². The van der Waals surface area contributed by atoms with Crippen molar-refractivity contribution in [2.45, 2.75) is 32.7 Å².